The van der Waals surface area contributed by atoms with Crippen molar-refractivity contribution in [3.8, 4) is 0 Å². The van der Waals surface area contributed by atoms with Gasteiger partial charge in [0.2, 0.25) is 0 Å². The highest BCUT2D eigenvalue weighted by Gasteiger charge is 2.11. The Kier molecular flexibility index (Phi) is 3.64. The Morgan fingerprint density at radius 2 is 1.76 bits per heavy atom. The molecule has 0 amide bonds. The highest BCUT2D eigenvalue weighted by molar-refractivity contribution is 5.26. The van der Waals surface area contributed by atoms with Gasteiger partial charge < -0.3 is 10.2 Å². The molecule has 1 aromatic carbocycles. The summed E-state index contributed by atoms with van der Waals surface area (Å²) in [6.45, 7) is 4.12. The maximum Gasteiger partial charge on any atom is 0.105 e. The van der Waals surface area contributed by atoms with Crippen LogP contribution in [0, 0.1) is 6.92 Å². The van der Waals surface area contributed by atoms with E-state index >= 15 is 0 Å². The molecule has 0 saturated carbocycles. The maximum atomic E-state index is 6.18. The number of rotatable bonds is 4. The van der Waals surface area contributed by atoms with E-state index in [1.807, 2.05) is 13.0 Å². The van der Waals surface area contributed by atoms with E-state index < -0.39 is 0 Å². The summed E-state index contributed by atoms with van der Waals surface area (Å²) in [6.07, 6.45) is 3.63. The van der Waals surface area contributed by atoms with Crippen molar-refractivity contribution in [1.29, 1.82) is 0 Å². The van der Waals surface area contributed by atoms with Gasteiger partial charge in [-0.1, -0.05) is 31.2 Å². The molecule has 90 valence electrons. The molecule has 0 bridgehead atoms. The summed E-state index contributed by atoms with van der Waals surface area (Å²) >= 11 is 0. The monoisotopic (exact) mass is 229 g/mol. The van der Waals surface area contributed by atoms with E-state index in [0.717, 1.165) is 24.2 Å². The first-order valence-corrected chi connectivity index (χ1v) is 6.08. The van der Waals surface area contributed by atoms with Gasteiger partial charge in [-0.3, -0.25) is 0 Å². The molecule has 2 nitrogen and oxygen atoms in total. The Labute approximate surface area is 102 Å². The molecule has 17 heavy (non-hydrogen) atoms. The van der Waals surface area contributed by atoms with Crippen LogP contribution in [0.5, 0.6) is 0 Å². The molecule has 0 aliphatic heterocycles. The molecule has 1 aromatic heterocycles. The van der Waals surface area contributed by atoms with Crippen molar-refractivity contribution < 1.29 is 4.42 Å². The predicted molar refractivity (Wildman–Crippen MR) is 69.9 cm³/mol. The fourth-order valence-corrected chi connectivity index (χ4v) is 2.05. The van der Waals surface area contributed by atoms with Gasteiger partial charge in [0.15, 0.2) is 0 Å². The summed E-state index contributed by atoms with van der Waals surface area (Å²) in [7, 11) is 0. The summed E-state index contributed by atoms with van der Waals surface area (Å²) < 4.78 is 5.28. The lowest BCUT2D eigenvalue weighted by atomic mass is 9.99. The van der Waals surface area contributed by atoms with Crippen LogP contribution >= 0.6 is 0 Å². The van der Waals surface area contributed by atoms with Crippen molar-refractivity contribution in [3.05, 3.63) is 59.0 Å². The van der Waals surface area contributed by atoms with Gasteiger partial charge in [0.25, 0.3) is 0 Å². The van der Waals surface area contributed by atoms with Crippen LogP contribution in [0.25, 0.3) is 0 Å². The first kappa shape index (κ1) is 11.9. The average molecular weight is 229 g/mol. The van der Waals surface area contributed by atoms with Crippen LogP contribution in [0.4, 0.5) is 0 Å². The highest BCUT2D eigenvalue weighted by Crippen LogP contribution is 2.20. The van der Waals surface area contributed by atoms with Crippen molar-refractivity contribution in [3.63, 3.8) is 0 Å². The number of furan rings is 1. The third-order valence-corrected chi connectivity index (χ3v) is 3.19. The zero-order valence-electron chi connectivity index (χ0n) is 10.4. The summed E-state index contributed by atoms with van der Waals surface area (Å²) in [5.74, 6) is 0.919. The van der Waals surface area contributed by atoms with Crippen molar-refractivity contribution in [2.75, 3.05) is 0 Å². The minimum Gasteiger partial charge on any atom is -0.469 e. The zero-order valence-corrected chi connectivity index (χ0v) is 10.4. The van der Waals surface area contributed by atoms with Gasteiger partial charge in [-0.15, -0.1) is 0 Å². The molecule has 0 saturated heterocycles. The van der Waals surface area contributed by atoms with E-state index in [4.69, 9.17) is 10.2 Å². The molecule has 2 aromatic rings. The lowest BCUT2D eigenvalue weighted by molar-refractivity contribution is 0.524. The Morgan fingerprint density at radius 3 is 2.29 bits per heavy atom. The van der Waals surface area contributed by atoms with Crippen LogP contribution in [-0.4, -0.2) is 0 Å². The van der Waals surface area contributed by atoms with Crippen molar-refractivity contribution in [1.82, 2.24) is 0 Å². The highest BCUT2D eigenvalue weighted by atomic mass is 16.3. The molecule has 0 fully saturated rings. The standard InChI is InChI=1S/C15H19NO/c1-3-12-4-6-13(7-5-12)10-15(16)14-8-9-17-11(14)2/h4-9,15H,3,10,16H2,1-2H3. The second-order valence-corrected chi connectivity index (χ2v) is 4.41. The van der Waals surface area contributed by atoms with Gasteiger partial charge in [-0.2, -0.15) is 0 Å². The Balaban J connectivity index is 2.07. The van der Waals surface area contributed by atoms with Gasteiger partial charge in [-0.05, 0) is 37.0 Å². The van der Waals surface area contributed by atoms with Crippen molar-refractivity contribution in [2.45, 2.75) is 32.7 Å². The smallest absolute Gasteiger partial charge is 0.105 e. The summed E-state index contributed by atoms with van der Waals surface area (Å²) in [6, 6.07) is 10.6. The molecule has 0 aliphatic rings. The molecule has 2 heteroatoms. The molecule has 2 N–H and O–H groups in total. The average Bonchev–Trinajstić information content (AvgIpc) is 2.76. The first-order valence-electron chi connectivity index (χ1n) is 6.08. The summed E-state index contributed by atoms with van der Waals surface area (Å²) in [5, 5.41) is 0. The normalized spacial score (nSPS) is 12.6. The quantitative estimate of drug-likeness (QED) is 0.872. The fourth-order valence-electron chi connectivity index (χ4n) is 2.05. The number of hydrogen-bond donors (Lipinski definition) is 1. The molecule has 0 aliphatic carbocycles. The molecule has 0 spiro atoms. The lowest BCUT2D eigenvalue weighted by Gasteiger charge is -2.11. The molecule has 2 rings (SSSR count). The fraction of sp³-hybridized carbons (Fsp3) is 0.333. The van der Waals surface area contributed by atoms with Gasteiger partial charge in [0.1, 0.15) is 5.76 Å². The Bertz CT molecular complexity index is 470. The number of nitrogens with two attached hydrogens (primary N) is 1. The maximum absolute atomic E-state index is 6.18. The minimum atomic E-state index is 0.0150. The van der Waals surface area contributed by atoms with Crippen molar-refractivity contribution >= 4 is 0 Å². The number of hydrogen-bond acceptors (Lipinski definition) is 2. The lowest BCUT2D eigenvalue weighted by Crippen LogP contribution is -2.13. The van der Waals surface area contributed by atoms with Gasteiger partial charge >= 0.3 is 0 Å². The second kappa shape index (κ2) is 5.19. The summed E-state index contributed by atoms with van der Waals surface area (Å²) in [4.78, 5) is 0. The SMILES string of the molecule is CCc1ccc(CC(N)c2ccoc2C)cc1. The zero-order chi connectivity index (χ0) is 12.3. The summed E-state index contributed by atoms with van der Waals surface area (Å²) in [5.41, 5.74) is 9.92. The van der Waals surface area contributed by atoms with E-state index in [2.05, 4.69) is 31.2 Å². The Hall–Kier alpha value is -1.54. The van der Waals surface area contributed by atoms with Crippen LogP contribution in [-0.2, 0) is 12.8 Å². The molecular formula is C15H19NO. The minimum absolute atomic E-state index is 0.0150. The molecular weight excluding hydrogens is 210 g/mol. The van der Waals surface area contributed by atoms with E-state index in [-0.39, 0.29) is 6.04 Å². The van der Waals surface area contributed by atoms with E-state index in [9.17, 15) is 0 Å². The number of benzene rings is 1. The number of aryl methyl sites for hydroxylation is 2. The van der Waals surface area contributed by atoms with E-state index in [0.29, 0.717) is 0 Å². The predicted octanol–water partition coefficient (Wildman–Crippen LogP) is 3.39. The topological polar surface area (TPSA) is 39.2 Å². The van der Waals surface area contributed by atoms with E-state index in [1.165, 1.54) is 11.1 Å². The molecule has 1 atom stereocenters. The van der Waals surface area contributed by atoms with Crippen LogP contribution in [0.2, 0.25) is 0 Å². The largest absolute Gasteiger partial charge is 0.469 e. The molecule has 1 heterocycles. The van der Waals surface area contributed by atoms with E-state index in [1.54, 1.807) is 6.26 Å². The van der Waals surface area contributed by atoms with Gasteiger partial charge in [-0.25, -0.2) is 0 Å². The third-order valence-electron chi connectivity index (χ3n) is 3.19. The van der Waals surface area contributed by atoms with Crippen LogP contribution in [0.1, 0.15) is 35.4 Å². The van der Waals surface area contributed by atoms with Crippen LogP contribution in [0.3, 0.4) is 0 Å². The molecule has 1 unspecified atom stereocenters. The van der Waals surface area contributed by atoms with Gasteiger partial charge in [0, 0.05) is 11.6 Å². The van der Waals surface area contributed by atoms with Crippen LogP contribution in [0.15, 0.2) is 41.0 Å². The third kappa shape index (κ3) is 2.77. The molecule has 0 radical (unpaired) electrons. The first-order chi connectivity index (χ1) is 8.20. The van der Waals surface area contributed by atoms with Gasteiger partial charge in [0.05, 0.1) is 6.26 Å². The Morgan fingerprint density at radius 1 is 1.12 bits per heavy atom. The second-order valence-electron chi connectivity index (χ2n) is 4.41. The van der Waals surface area contributed by atoms with Crippen LogP contribution < -0.4 is 5.73 Å². The van der Waals surface area contributed by atoms with Crippen molar-refractivity contribution in [2.24, 2.45) is 5.73 Å².